The highest BCUT2D eigenvalue weighted by Gasteiger charge is 2.22. The lowest BCUT2D eigenvalue weighted by Crippen LogP contribution is -2.03. The summed E-state index contributed by atoms with van der Waals surface area (Å²) >= 11 is 0. The predicted molar refractivity (Wildman–Crippen MR) is 81.5 cm³/mol. The zero-order valence-corrected chi connectivity index (χ0v) is 11.6. The molecule has 0 aromatic heterocycles. The minimum absolute atomic E-state index is 0.00167. The molecule has 2 aromatic rings. The van der Waals surface area contributed by atoms with E-state index >= 15 is 0 Å². The number of ketones is 1. The Hall–Kier alpha value is -2.39. The minimum atomic E-state index is 0.00167. The van der Waals surface area contributed by atoms with E-state index in [0.717, 1.165) is 17.9 Å². The lowest BCUT2D eigenvalue weighted by Gasteiger charge is -2.03. The molecular formula is C18H16O3. The third kappa shape index (κ3) is 4.04. The van der Waals surface area contributed by atoms with E-state index in [1.165, 1.54) is 0 Å². The molecule has 1 atom stereocenters. The standard InChI is InChI=1S/C18H16O3/c19-18(15-4-2-1-3-5-15)11-8-14-6-9-16(10-7-14)20-12-17-13-21-17/h1-11,17H,12-13H2/t17-/m0/s1. The molecule has 3 nitrogen and oxygen atoms in total. The zero-order valence-electron chi connectivity index (χ0n) is 11.6. The maximum absolute atomic E-state index is 11.9. The fourth-order valence-corrected chi connectivity index (χ4v) is 1.90. The largest absolute Gasteiger partial charge is 0.491 e. The molecule has 106 valence electrons. The smallest absolute Gasteiger partial charge is 0.185 e. The van der Waals surface area contributed by atoms with Crippen LogP contribution >= 0.6 is 0 Å². The van der Waals surface area contributed by atoms with Crippen LogP contribution in [-0.4, -0.2) is 25.1 Å². The van der Waals surface area contributed by atoms with Gasteiger partial charge in [0.2, 0.25) is 0 Å². The Bertz CT molecular complexity index is 625. The number of ether oxygens (including phenoxy) is 2. The molecule has 0 aliphatic carbocycles. The van der Waals surface area contributed by atoms with Crippen molar-refractivity contribution >= 4 is 11.9 Å². The molecular weight excluding hydrogens is 264 g/mol. The first kappa shape index (κ1) is 13.6. The monoisotopic (exact) mass is 280 g/mol. The Kier molecular flexibility index (Phi) is 4.12. The van der Waals surface area contributed by atoms with Crippen LogP contribution in [0, 0.1) is 0 Å². The third-order valence-corrected chi connectivity index (χ3v) is 3.20. The molecule has 3 heteroatoms. The van der Waals surface area contributed by atoms with Crippen molar-refractivity contribution in [3.8, 4) is 5.75 Å². The van der Waals surface area contributed by atoms with Crippen molar-refractivity contribution in [2.24, 2.45) is 0 Å². The van der Waals surface area contributed by atoms with Gasteiger partial charge in [-0.3, -0.25) is 4.79 Å². The second kappa shape index (κ2) is 6.37. The maximum Gasteiger partial charge on any atom is 0.185 e. The molecule has 1 fully saturated rings. The molecule has 0 bridgehead atoms. The summed E-state index contributed by atoms with van der Waals surface area (Å²) in [6.07, 6.45) is 3.65. The fourth-order valence-electron chi connectivity index (χ4n) is 1.90. The van der Waals surface area contributed by atoms with Crippen LogP contribution in [0.5, 0.6) is 5.75 Å². The summed E-state index contributed by atoms with van der Waals surface area (Å²) in [6.45, 7) is 1.39. The van der Waals surface area contributed by atoms with E-state index in [0.29, 0.717) is 12.2 Å². The van der Waals surface area contributed by atoms with Crippen LogP contribution in [0.4, 0.5) is 0 Å². The molecule has 0 unspecified atom stereocenters. The maximum atomic E-state index is 11.9. The van der Waals surface area contributed by atoms with Gasteiger partial charge in [-0.25, -0.2) is 0 Å². The van der Waals surface area contributed by atoms with Crippen LogP contribution in [0.2, 0.25) is 0 Å². The van der Waals surface area contributed by atoms with Gasteiger partial charge in [0.15, 0.2) is 5.78 Å². The summed E-state index contributed by atoms with van der Waals surface area (Å²) in [5, 5.41) is 0. The Labute approximate surface area is 123 Å². The topological polar surface area (TPSA) is 38.8 Å². The summed E-state index contributed by atoms with van der Waals surface area (Å²) in [5.41, 5.74) is 1.66. The van der Waals surface area contributed by atoms with Crippen molar-refractivity contribution in [1.82, 2.24) is 0 Å². The number of carbonyl (C=O) groups excluding carboxylic acids is 1. The highest BCUT2D eigenvalue weighted by molar-refractivity contribution is 6.06. The van der Waals surface area contributed by atoms with E-state index in [4.69, 9.17) is 9.47 Å². The van der Waals surface area contributed by atoms with Crippen LogP contribution in [0.25, 0.3) is 6.08 Å². The Morgan fingerprint density at radius 1 is 1.14 bits per heavy atom. The summed E-state index contributed by atoms with van der Waals surface area (Å²) < 4.78 is 10.7. The molecule has 1 aliphatic heterocycles. The van der Waals surface area contributed by atoms with Crippen LogP contribution in [0.1, 0.15) is 15.9 Å². The van der Waals surface area contributed by atoms with Gasteiger partial charge in [-0.15, -0.1) is 0 Å². The van der Waals surface area contributed by atoms with Crippen LogP contribution < -0.4 is 4.74 Å². The zero-order chi connectivity index (χ0) is 14.5. The Balaban J connectivity index is 1.59. The van der Waals surface area contributed by atoms with Gasteiger partial charge in [0.05, 0.1) is 6.61 Å². The molecule has 1 saturated heterocycles. The molecule has 21 heavy (non-hydrogen) atoms. The summed E-state index contributed by atoms with van der Waals surface area (Å²) in [7, 11) is 0. The van der Waals surface area contributed by atoms with Gasteiger partial charge in [0.25, 0.3) is 0 Å². The van der Waals surface area contributed by atoms with Crippen molar-refractivity contribution < 1.29 is 14.3 Å². The molecule has 0 N–H and O–H groups in total. The van der Waals surface area contributed by atoms with Crippen LogP contribution in [0.15, 0.2) is 60.7 Å². The van der Waals surface area contributed by atoms with Crippen molar-refractivity contribution in [3.05, 3.63) is 71.8 Å². The second-order valence-corrected chi connectivity index (χ2v) is 4.90. The molecule has 0 radical (unpaired) electrons. The Morgan fingerprint density at radius 3 is 2.52 bits per heavy atom. The van der Waals surface area contributed by atoms with Crippen molar-refractivity contribution in [3.63, 3.8) is 0 Å². The number of hydrogen-bond acceptors (Lipinski definition) is 3. The van der Waals surface area contributed by atoms with Gasteiger partial charge in [0.1, 0.15) is 18.5 Å². The first-order valence-corrected chi connectivity index (χ1v) is 6.93. The number of rotatable bonds is 6. The normalized spacial score (nSPS) is 16.9. The van der Waals surface area contributed by atoms with Crippen molar-refractivity contribution in [2.75, 3.05) is 13.2 Å². The van der Waals surface area contributed by atoms with E-state index in [2.05, 4.69) is 0 Å². The van der Waals surface area contributed by atoms with E-state index in [1.54, 1.807) is 6.08 Å². The van der Waals surface area contributed by atoms with Gasteiger partial charge in [-0.05, 0) is 23.8 Å². The molecule has 0 saturated carbocycles. The van der Waals surface area contributed by atoms with Gasteiger partial charge in [0, 0.05) is 5.56 Å². The predicted octanol–water partition coefficient (Wildman–Crippen LogP) is 3.36. The van der Waals surface area contributed by atoms with Gasteiger partial charge in [-0.2, -0.15) is 0 Å². The lowest BCUT2D eigenvalue weighted by atomic mass is 10.1. The minimum Gasteiger partial charge on any atom is -0.491 e. The SMILES string of the molecule is O=C(C=Cc1ccc(OC[C@H]2CO2)cc1)c1ccccc1. The molecule has 0 spiro atoms. The van der Waals surface area contributed by atoms with Gasteiger partial charge in [-0.1, -0.05) is 48.5 Å². The van der Waals surface area contributed by atoms with Gasteiger partial charge >= 0.3 is 0 Å². The first-order chi connectivity index (χ1) is 10.3. The quantitative estimate of drug-likeness (QED) is 0.462. The highest BCUT2D eigenvalue weighted by Crippen LogP contribution is 2.16. The van der Waals surface area contributed by atoms with E-state index < -0.39 is 0 Å². The van der Waals surface area contributed by atoms with Crippen molar-refractivity contribution in [2.45, 2.75) is 6.10 Å². The second-order valence-electron chi connectivity index (χ2n) is 4.90. The molecule has 2 aromatic carbocycles. The lowest BCUT2D eigenvalue weighted by molar-refractivity contribution is 0.104. The molecule has 1 heterocycles. The summed E-state index contributed by atoms with van der Waals surface area (Å²) in [6, 6.07) is 16.9. The fraction of sp³-hybridized carbons (Fsp3) is 0.167. The number of epoxide rings is 1. The third-order valence-electron chi connectivity index (χ3n) is 3.20. The number of benzene rings is 2. The number of hydrogen-bond donors (Lipinski definition) is 0. The molecule has 0 amide bonds. The molecule has 3 rings (SSSR count). The average Bonchev–Trinajstić information content (AvgIpc) is 3.37. The number of allylic oxidation sites excluding steroid dienone is 1. The first-order valence-electron chi connectivity index (χ1n) is 6.93. The Morgan fingerprint density at radius 2 is 1.86 bits per heavy atom. The van der Waals surface area contributed by atoms with E-state index in [9.17, 15) is 4.79 Å². The highest BCUT2D eigenvalue weighted by atomic mass is 16.6. The van der Waals surface area contributed by atoms with Crippen LogP contribution in [-0.2, 0) is 4.74 Å². The van der Waals surface area contributed by atoms with Crippen LogP contribution in [0.3, 0.4) is 0 Å². The summed E-state index contributed by atoms with van der Waals surface area (Å²) in [5.74, 6) is 0.818. The average molecular weight is 280 g/mol. The summed E-state index contributed by atoms with van der Waals surface area (Å²) in [4.78, 5) is 11.9. The van der Waals surface area contributed by atoms with E-state index in [1.807, 2.05) is 60.7 Å². The van der Waals surface area contributed by atoms with E-state index in [-0.39, 0.29) is 11.9 Å². The van der Waals surface area contributed by atoms with Crippen molar-refractivity contribution in [1.29, 1.82) is 0 Å². The molecule has 1 aliphatic rings. The number of carbonyl (C=O) groups is 1. The van der Waals surface area contributed by atoms with Gasteiger partial charge < -0.3 is 9.47 Å².